The van der Waals surface area contributed by atoms with Crippen molar-refractivity contribution in [2.75, 3.05) is 17.2 Å². The van der Waals surface area contributed by atoms with Gasteiger partial charge < -0.3 is 15.7 Å². The summed E-state index contributed by atoms with van der Waals surface area (Å²) >= 11 is 0. The van der Waals surface area contributed by atoms with Crippen molar-refractivity contribution in [2.45, 2.75) is 51.7 Å². The van der Waals surface area contributed by atoms with Crippen LogP contribution in [0.25, 0.3) is 0 Å². The van der Waals surface area contributed by atoms with E-state index in [1.807, 2.05) is 12.1 Å². The summed E-state index contributed by atoms with van der Waals surface area (Å²) in [4.78, 5) is 12.8. The highest BCUT2D eigenvalue weighted by Crippen LogP contribution is 2.36. The summed E-state index contributed by atoms with van der Waals surface area (Å²) in [6, 6.07) is 6.29. The minimum atomic E-state index is -0.290. The van der Waals surface area contributed by atoms with E-state index in [2.05, 4.69) is 45.5 Å². The molecular weight excluding hydrogens is 340 g/mol. The van der Waals surface area contributed by atoms with Crippen molar-refractivity contribution in [3.63, 3.8) is 0 Å². The van der Waals surface area contributed by atoms with Crippen LogP contribution in [0.1, 0.15) is 44.2 Å². The first-order valence-electron chi connectivity index (χ1n) is 9.32. The van der Waals surface area contributed by atoms with E-state index in [1.165, 1.54) is 5.56 Å². The summed E-state index contributed by atoms with van der Waals surface area (Å²) in [6.07, 6.45) is 8.07. The quantitative estimate of drug-likeness (QED) is 0.721. The Morgan fingerprint density at radius 2 is 2.07 bits per heavy atom. The van der Waals surface area contributed by atoms with E-state index in [-0.39, 0.29) is 17.6 Å². The molecule has 1 aliphatic rings. The number of rotatable bonds is 6. The Hall–Kier alpha value is -2.72. The minimum absolute atomic E-state index is 0.151. The van der Waals surface area contributed by atoms with Crippen molar-refractivity contribution in [2.24, 2.45) is 5.41 Å². The molecule has 3 rings (SSSR count). The van der Waals surface area contributed by atoms with Gasteiger partial charge in [-0.3, -0.25) is 4.98 Å². The lowest BCUT2D eigenvalue weighted by Crippen LogP contribution is -2.41. The zero-order valence-corrected chi connectivity index (χ0v) is 15.8. The van der Waals surface area contributed by atoms with E-state index in [0.717, 1.165) is 25.7 Å². The molecule has 2 heterocycles. The summed E-state index contributed by atoms with van der Waals surface area (Å²) in [5.41, 5.74) is 1.47. The van der Waals surface area contributed by atoms with Crippen LogP contribution in [0.4, 0.5) is 11.8 Å². The van der Waals surface area contributed by atoms with Crippen LogP contribution in [-0.4, -0.2) is 38.7 Å². The van der Waals surface area contributed by atoms with E-state index >= 15 is 0 Å². The lowest BCUT2D eigenvalue weighted by Gasteiger charge is -2.40. The zero-order valence-electron chi connectivity index (χ0n) is 15.8. The maximum atomic E-state index is 10.1. The Morgan fingerprint density at radius 1 is 1.30 bits per heavy atom. The second-order valence-corrected chi connectivity index (χ2v) is 7.73. The van der Waals surface area contributed by atoms with Gasteiger partial charge in [-0.05, 0) is 48.8 Å². The van der Waals surface area contributed by atoms with Gasteiger partial charge in [0.05, 0.1) is 12.3 Å². The average Bonchev–Trinajstić information content (AvgIpc) is 2.66. The molecule has 3 N–H and O–H groups in total. The predicted molar refractivity (Wildman–Crippen MR) is 104 cm³/mol. The van der Waals surface area contributed by atoms with Crippen LogP contribution in [0.3, 0.4) is 0 Å². The number of nitrogens with zero attached hydrogens (tertiary/aromatic N) is 4. The Bertz CT molecular complexity index is 802. The van der Waals surface area contributed by atoms with Gasteiger partial charge in [-0.15, -0.1) is 0 Å². The second-order valence-electron chi connectivity index (χ2n) is 7.73. The average molecular weight is 366 g/mol. The van der Waals surface area contributed by atoms with Crippen molar-refractivity contribution in [1.82, 2.24) is 15.0 Å². The van der Waals surface area contributed by atoms with Gasteiger partial charge in [0.1, 0.15) is 17.5 Å². The predicted octanol–water partition coefficient (Wildman–Crippen LogP) is 2.75. The molecule has 0 aliphatic heterocycles. The molecule has 7 heteroatoms. The fourth-order valence-electron chi connectivity index (χ4n) is 3.47. The molecule has 0 radical (unpaired) electrons. The second kappa shape index (κ2) is 8.31. The molecule has 2 aromatic heterocycles. The first-order chi connectivity index (χ1) is 13.0. The van der Waals surface area contributed by atoms with Gasteiger partial charge in [0.15, 0.2) is 0 Å². The highest BCUT2D eigenvalue weighted by Gasteiger charge is 2.35. The lowest BCUT2D eigenvalue weighted by molar-refractivity contribution is 0.00926. The molecule has 1 saturated carbocycles. The summed E-state index contributed by atoms with van der Waals surface area (Å²) in [5.74, 6) is 1.05. The molecule has 1 aliphatic carbocycles. The van der Waals surface area contributed by atoms with Gasteiger partial charge in [-0.25, -0.2) is 4.98 Å². The van der Waals surface area contributed by atoms with E-state index in [4.69, 9.17) is 0 Å². The van der Waals surface area contributed by atoms with Crippen molar-refractivity contribution in [3.05, 3.63) is 41.9 Å². The van der Waals surface area contributed by atoms with E-state index in [0.29, 0.717) is 23.9 Å². The van der Waals surface area contributed by atoms with Gasteiger partial charge in [0.2, 0.25) is 5.95 Å². The molecule has 0 spiro atoms. The van der Waals surface area contributed by atoms with E-state index in [1.54, 1.807) is 18.6 Å². The number of nitriles is 1. The molecular formula is C20H26N6O. The molecule has 0 unspecified atom stereocenters. The number of aliphatic hydroxyl groups excluding tert-OH is 1. The Balaban J connectivity index is 1.64. The number of aromatic nitrogens is 3. The number of hydrogen-bond acceptors (Lipinski definition) is 7. The Labute approximate surface area is 159 Å². The SMILES string of the molecule is CC1(C)C[C@H](Nc2nc(NCCc3ccncc3)ncc2C#N)CC[C@@H]1O. The smallest absolute Gasteiger partial charge is 0.224 e. The number of hydrogen-bond donors (Lipinski definition) is 3. The highest BCUT2D eigenvalue weighted by molar-refractivity contribution is 5.54. The standard InChI is InChI=1S/C20H26N6O/c1-20(2)11-16(3-4-17(20)27)25-18-15(12-21)13-24-19(26-18)23-10-7-14-5-8-22-9-6-14/h5-6,8-9,13,16-17,27H,3-4,7,10-11H2,1-2H3,(H2,23,24,25,26)/t16-,17+/m1/s1. The fourth-order valence-corrected chi connectivity index (χ4v) is 3.47. The van der Waals surface area contributed by atoms with Crippen LogP contribution in [0.2, 0.25) is 0 Å². The van der Waals surface area contributed by atoms with Crippen LogP contribution >= 0.6 is 0 Å². The fraction of sp³-hybridized carbons (Fsp3) is 0.500. The number of nitrogens with one attached hydrogen (secondary N) is 2. The lowest BCUT2D eigenvalue weighted by atomic mass is 9.73. The summed E-state index contributed by atoms with van der Waals surface area (Å²) in [7, 11) is 0. The first-order valence-corrected chi connectivity index (χ1v) is 9.32. The van der Waals surface area contributed by atoms with Crippen LogP contribution in [-0.2, 0) is 6.42 Å². The van der Waals surface area contributed by atoms with Crippen molar-refractivity contribution in [3.8, 4) is 6.07 Å². The maximum Gasteiger partial charge on any atom is 0.224 e. The zero-order chi connectivity index (χ0) is 19.3. The first kappa shape index (κ1) is 19.1. The van der Waals surface area contributed by atoms with Crippen molar-refractivity contribution >= 4 is 11.8 Å². The molecule has 142 valence electrons. The number of aliphatic hydroxyl groups is 1. The normalized spacial score (nSPS) is 21.3. The van der Waals surface area contributed by atoms with Gasteiger partial charge in [0.25, 0.3) is 0 Å². The van der Waals surface area contributed by atoms with Crippen LogP contribution in [0.15, 0.2) is 30.7 Å². The van der Waals surface area contributed by atoms with Crippen LogP contribution in [0, 0.1) is 16.7 Å². The van der Waals surface area contributed by atoms with Gasteiger partial charge in [0, 0.05) is 25.0 Å². The summed E-state index contributed by atoms with van der Waals surface area (Å²) in [6.45, 7) is 4.84. The third-order valence-corrected chi connectivity index (χ3v) is 5.16. The maximum absolute atomic E-state index is 10.1. The van der Waals surface area contributed by atoms with Crippen molar-refractivity contribution in [1.29, 1.82) is 5.26 Å². The third kappa shape index (κ3) is 4.92. The van der Waals surface area contributed by atoms with E-state index in [9.17, 15) is 10.4 Å². The minimum Gasteiger partial charge on any atom is -0.393 e. The monoisotopic (exact) mass is 366 g/mol. The molecule has 2 atom stereocenters. The summed E-state index contributed by atoms with van der Waals surface area (Å²) in [5, 5.41) is 26.1. The highest BCUT2D eigenvalue weighted by atomic mass is 16.3. The molecule has 0 aromatic carbocycles. The van der Waals surface area contributed by atoms with Crippen LogP contribution in [0.5, 0.6) is 0 Å². The topological polar surface area (TPSA) is 107 Å². The molecule has 7 nitrogen and oxygen atoms in total. The largest absolute Gasteiger partial charge is 0.393 e. The van der Waals surface area contributed by atoms with E-state index < -0.39 is 0 Å². The molecule has 0 amide bonds. The molecule has 1 fully saturated rings. The molecule has 0 saturated heterocycles. The van der Waals surface area contributed by atoms with Gasteiger partial charge >= 0.3 is 0 Å². The van der Waals surface area contributed by atoms with Gasteiger partial charge in [-0.1, -0.05) is 13.8 Å². The summed E-state index contributed by atoms with van der Waals surface area (Å²) < 4.78 is 0. The number of pyridine rings is 1. The van der Waals surface area contributed by atoms with Gasteiger partial charge in [-0.2, -0.15) is 10.2 Å². The molecule has 2 aromatic rings. The Morgan fingerprint density at radius 3 is 2.78 bits per heavy atom. The third-order valence-electron chi connectivity index (χ3n) is 5.16. The molecule has 0 bridgehead atoms. The number of anilines is 2. The molecule has 27 heavy (non-hydrogen) atoms. The van der Waals surface area contributed by atoms with Crippen LogP contribution < -0.4 is 10.6 Å². The Kier molecular flexibility index (Phi) is 5.87. The van der Waals surface area contributed by atoms with Crippen molar-refractivity contribution < 1.29 is 5.11 Å².